The molecule has 1 aliphatic rings. The zero-order chi connectivity index (χ0) is 19.2. The molecule has 1 unspecified atom stereocenters. The van der Waals surface area contributed by atoms with Crippen LogP contribution in [0, 0.1) is 6.92 Å². The lowest BCUT2D eigenvalue weighted by molar-refractivity contribution is 0.157. The van der Waals surface area contributed by atoms with Gasteiger partial charge in [-0.1, -0.05) is 25.5 Å². The summed E-state index contributed by atoms with van der Waals surface area (Å²) in [6, 6.07) is 6.00. The highest BCUT2D eigenvalue weighted by Gasteiger charge is 2.20. The molecule has 1 aromatic carbocycles. The van der Waals surface area contributed by atoms with Crippen LogP contribution in [0.1, 0.15) is 37.3 Å². The zero-order valence-electron chi connectivity index (χ0n) is 16.4. The highest BCUT2D eigenvalue weighted by molar-refractivity contribution is 7.90. The molecule has 0 bridgehead atoms. The molecule has 2 N–H and O–H groups in total. The maximum atomic E-state index is 11.7. The number of hydrogen-bond donors (Lipinski definition) is 2. The third-order valence-electron chi connectivity index (χ3n) is 4.98. The summed E-state index contributed by atoms with van der Waals surface area (Å²) < 4.78 is 23.4. The lowest BCUT2D eigenvalue weighted by Crippen LogP contribution is -2.48. The number of sulfone groups is 1. The van der Waals surface area contributed by atoms with Gasteiger partial charge in [-0.2, -0.15) is 0 Å². The molecule has 1 saturated heterocycles. The number of benzene rings is 1. The van der Waals surface area contributed by atoms with Gasteiger partial charge in [0.05, 0.1) is 4.90 Å². The number of nitrogens with one attached hydrogen (secondary N) is 2. The highest BCUT2D eigenvalue weighted by atomic mass is 32.2. The van der Waals surface area contributed by atoms with Crippen LogP contribution in [0.4, 0.5) is 0 Å². The molecular formula is C19H32N4O2S. The van der Waals surface area contributed by atoms with Crippen molar-refractivity contribution in [3.63, 3.8) is 0 Å². The van der Waals surface area contributed by atoms with Gasteiger partial charge in [0.25, 0.3) is 0 Å². The Bertz CT molecular complexity index is 731. The Morgan fingerprint density at radius 1 is 1.31 bits per heavy atom. The Hall–Kier alpha value is -1.60. The largest absolute Gasteiger partial charge is 0.355 e. The van der Waals surface area contributed by atoms with Crippen molar-refractivity contribution in [2.75, 3.05) is 32.9 Å². The van der Waals surface area contributed by atoms with Crippen molar-refractivity contribution in [2.45, 2.75) is 50.6 Å². The van der Waals surface area contributed by atoms with E-state index in [4.69, 9.17) is 0 Å². The number of likely N-dealkylation sites (tertiary alicyclic amines) is 1. The molecule has 0 spiro atoms. The number of guanidine groups is 1. The maximum Gasteiger partial charge on any atom is 0.191 e. The number of piperidine rings is 1. The van der Waals surface area contributed by atoms with E-state index in [0.717, 1.165) is 30.2 Å². The second-order valence-electron chi connectivity index (χ2n) is 6.96. The van der Waals surface area contributed by atoms with Crippen LogP contribution >= 0.6 is 0 Å². The smallest absolute Gasteiger partial charge is 0.191 e. The average molecular weight is 381 g/mol. The van der Waals surface area contributed by atoms with E-state index in [2.05, 4.69) is 27.4 Å². The zero-order valence-corrected chi connectivity index (χ0v) is 17.2. The summed E-state index contributed by atoms with van der Waals surface area (Å²) in [6.45, 7) is 7.81. The van der Waals surface area contributed by atoms with E-state index < -0.39 is 9.84 Å². The van der Waals surface area contributed by atoms with E-state index in [-0.39, 0.29) is 0 Å². The molecular weight excluding hydrogens is 348 g/mol. The summed E-state index contributed by atoms with van der Waals surface area (Å²) in [5.74, 6) is 0.775. The fourth-order valence-electron chi connectivity index (χ4n) is 3.57. The minimum absolute atomic E-state index is 0.390. The van der Waals surface area contributed by atoms with E-state index in [1.807, 2.05) is 19.1 Å². The fraction of sp³-hybridized carbons (Fsp3) is 0.632. The first-order valence-corrected chi connectivity index (χ1v) is 11.2. The predicted octanol–water partition coefficient (Wildman–Crippen LogP) is 1.94. The SMILES string of the molecule is CCN1CCCCC1CNC(=NC)NCc1ccc(S(C)(=O)=O)c(C)c1. The van der Waals surface area contributed by atoms with Crippen LogP contribution in [0.25, 0.3) is 0 Å². The number of nitrogens with zero attached hydrogens (tertiary/aromatic N) is 2. The molecule has 6 nitrogen and oxygen atoms in total. The number of hydrogen-bond acceptors (Lipinski definition) is 4. The molecule has 1 aromatic rings. The lowest BCUT2D eigenvalue weighted by atomic mass is 10.0. The van der Waals surface area contributed by atoms with Crippen LogP contribution in [-0.4, -0.2) is 58.3 Å². The van der Waals surface area contributed by atoms with E-state index in [0.29, 0.717) is 17.5 Å². The third kappa shape index (κ3) is 5.71. The first kappa shape index (κ1) is 20.7. The Morgan fingerprint density at radius 2 is 2.08 bits per heavy atom. The minimum Gasteiger partial charge on any atom is -0.355 e. The Kier molecular flexibility index (Phi) is 7.46. The summed E-state index contributed by atoms with van der Waals surface area (Å²) in [5, 5.41) is 6.74. The average Bonchev–Trinajstić information content (AvgIpc) is 2.61. The topological polar surface area (TPSA) is 73.8 Å². The summed E-state index contributed by atoms with van der Waals surface area (Å²) >= 11 is 0. The van der Waals surface area contributed by atoms with Crippen molar-refractivity contribution in [3.8, 4) is 0 Å². The second-order valence-corrected chi connectivity index (χ2v) is 8.94. The molecule has 7 heteroatoms. The van der Waals surface area contributed by atoms with Gasteiger partial charge in [-0.05, 0) is 50.0 Å². The molecule has 1 heterocycles. The summed E-state index contributed by atoms with van der Waals surface area (Å²) in [7, 11) is -1.41. The molecule has 2 rings (SSSR count). The molecule has 146 valence electrons. The van der Waals surface area contributed by atoms with Crippen LogP contribution in [0.5, 0.6) is 0 Å². The standard InChI is InChI=1S/C19H32N4O2S/c1-5-23-11-7-6-8-17(23)14-22-19(20-3)21-13-16-9-10-18(15(2)12-16)26(4,24)25/h9-10,12,17H,5-8,11,13-14H2,1-4H3,(H2,20,21,22). The van der Waals surface area contributed by atoms with Crippen LogP contribution in [-0.2, 0) is 16.4 Å². The number of rotatable bonds is 6. The van der Waals surface area contributed by atoms with Gasteiger partial charge in [0.1, 0.15) is 0 Å². The van der Waals surface area contributed by atoms with Gasteiger partial charge in [-0.15, -0.1) is 0 Å². The Morgan fingerprint density at radius 3 is 2.69 bits per heavy atom. The molecule has 0 saturated carbocycles. The molecule has 0 radical (unpaired) electrons. The maximum absolute atomic E-state index is 11.7. The molecule has 1 aliphatic heterocycles. The van der Waals surface area contributed by atoms with Gasteiger partial charge in [0, 0.05) is 32.4 Å². The van der Waals surface area contributed by atoms with E-state index in [9.17, 15) is 8.42 Å². The van der Waals surface area contributed by atoms with Gasteiger partial charge in [-0.25, -0.2) is 8.42 Å². The molecule has 1 fully saturated rings. The van der Waals surface area contributed by atoms with Gasteiger partial charge in [-0.3, -0.25) is 9.89 Å². The Balaban J connectivity index is 1.90. The number of aliphatic imine (C=N–C) groups is 1. The normalized spacial score (nSPS) is 19.4. The molecule has 0 amide bonds. The van der Waals surface area contributed by atoms with Crippen molar-refractivity contribution in [2.24, 2.45) is 4.99 Å². The fourth-order valence-corrected chi connectivity index (χ4v) is 4.52. The van der Waals surface area contributed by atoms with Crippen molar-refractivity contribution in [3.05, 3.63) is 29.3 Å². The van der Waals surface area contributed by atoms with Crippen molar-refractivity contribution in [1.29, 1.82) is 0 Å². The van der Waals surface area contributed by atoms with Crippen molar-refractivity contribution in [1.82, 2.24) is 15.5 Å². The molecule has 1 atom stereocenters. The van der Waals surface area contributed by atoms with Crippen LogP contribution in [0.15, 0.2) is 28.1 Å². The monoisotopic (exact) mass is 380 g/mol. The third-order valence-corrected chi connectivity index (χ3v) is 6.24. The highest BCUT2D eigenvalue weighted by Crippen LogP contribution is 2.17. The van der Waals surface area contributed by atoms with E-state index in [1.54, 1.807) is 13.1 Å². The number of likely N-dealkylation sites (N-methyl/N-ethyl adjacent to an activating group) is 1. The van der Waals surface area contributed by atoms with E-state index in [1.165, 1.54) is 32.1 Å². The van der Waals surface area contributed by atoms with Crippen molar-refractivity contribution >= 4 is 15.8 Å². The Labute approximate surface area is 158 Å². The summed E-state index contributed by atoms with van der Waals surface area (Å²) in [6.07, 6.45) is 5.05. The van der Waals surface area contributed by atoms with Gasteiger partial charge in [0.2, 0.25) is 0 Å². The van der Waals surface area contributed by atoms with Crippen molar-refractivity contribution < 1.29 is 8.42 Å². The van der Waals surface area contributed by atoms with Gasteiger partial charge in [0.15, 0.2) is 15.8 Å². The molecule has 0 aromatic heterocycles. The molecule has 26 heavy (non-hydrogen) atoms. The summed E-state index contributed by atoms with van der Waals surface area (Å²) in [5.41, 5.74) is 1.81. The van der Waals surface area contributed by atoms with Crippen LogP contribution in [0.3, 0.4) is 0 Å². The molecule has 0 aliphatic carbocycles. The second kappa shape index (κ2) is 9.37. The number of aryl methyl sites for hydroxylation is 1. The van der Waals surface area contributed by atoms with Crippen LogP contribution < -0.4 is 10.6 Å². The van der Waals surface area contributed by atoms with Gasteiger partial charge >= 0.3 is 0 Å². The quantitative estimate of drug-likeness (QED) is 0.583. The van der Waals surface area contributed by atoms with Gasteiger partial charge < -0.3 is 10.6 Å². The first-order valence-electron chi connectivity index (χ1n) is 9.33. The van der Waals surface area contributed by atoms with Crippen LogP contribution in [0.2, 0.25) is 0 Å². The van der Waals surface area contributed by atoms with E-state index >= 15 is 0 Å². The minimum atomic E-state index is -3.18. The summed E-state index contributed by atoms with van der Waals surface area (Å²) in [4.78, 5) is 7.21. The first-order chi connectivity index (χ1) is 12.3. The lowest BCUT2D eigenvalue weighted by Gasteiger charge is -2.35. The predicted molar refractivity (Wildman–Crippen MR) is 107 cm³/mol.